The minimum Gasteiger partial charge on any atom is -0.489 e. The summed E-state index contributed by atoms with van der Waals surface area (Å²) in [5.41, 5.74) is 5.21. The Kier molecular flexibility index (Phi) is 6.45. The zero-order valence-corrected chi connectivity index (χ0v) is 16.9. The smallest absolute Gasteiger partial charge is 0.338 e. The van der Waals surface area contributed by atoms with E-state index in [4.69, 9.17) is 9.47 Å². The Balaban J connectivity index is 1.52. The van der Waals surface area contributed by atoms with Crippen LogP contribution in [0.25, 0.3) is 0 Å². The van der Waals surface area contributed by atoms with Crippen molar-refractivity contribution in [3.63, 3.8) is 0 Å². The van der Waals surface area contributed by atoms with Crippen LogP contribution in [-0.4, -0.2) is 18.4 Å². The lowest BCUT2D eigenvalue weighted by Crippen LogP contribution is -2.14. The van der Waals surface area contributed by atoms with Crippen LogP contribution in [0.1, 0.15) is 43.0 Å². The summed E-state index contributed by atoms with van der Waals surface area (Å²) in [6.07, 6.45) is 0. The number of esters is 1. The number of aryl methyl sites for hydroxylation is 3. The molecule has 4 heteroatoms. The third kappa shape index (κ3) is 5.55. The maximum atomic E-state index is 12.2. The van der Waals surface area contributed by atoms with Gasteiger partial charge in [0, 0.05) is 5.56 Å². The highest BCUT2D eigenvalue weighted by Gasteiger charge is 2.12. The summed E-state index contributed by atoms with van der Waals surface area (Å²) in [4.78, 5) is 24.5. The van der Waals surface area contributed by atoms with Crippen LogP contribution in [0.5, 0.6) is 5.75 Å². The number of carbonyl (C=O) groups excluding carboxylic acids is 2. The third-order valence-electron chi connectivity index (χ3n) is 4.78. The molecule has 0 saturated carbocycles. The predicted molar refractivity (Wildman–Crippen MR) is 112 cm³/mol. The summed E-state index contributed by atoms with van der Waals surface area (Å²) in [7, 11) is 0. The number of hydrogen-bond donors (Lipinski definition) is 0. The van der Waals surface area contributed by atoms with Crippen LogP contribution in [0.4, 0.5) is 0 Å². The fraction of sp³-hybridized carbons (Fsp3) is 0.200. The fourth-order valence-corrected chi connectivity index (χ4v) is 2.75. The third-order valence-corrected chi connectivity index (χ3v) is 4.78. The van der Waals surface area contributed by atoms with Crippen LogP contribution in [0.3, 0.4) is 0 Å². The molecule has 0 saturated heterocycles. The van der Waals surface area contributed by atoms with E-state index in [1.807, 2.05) is 69.3 Å². The SMILES string of the molecule is Cc1ccc(OCc2ccc(C(=O)OCC(=O)c3ccc(C)c(C)c3)cc2)cc1. The number of benzene rings is 3. The molecule has 0 aliphatic heterocycles. The van der Waals surface area contributed by atoms with Crippen molar-refractivity contribution in [2.45, 2.75) is 27.4 Å². The molecule has 0 radical (unpaired) electrons. The number of ketones is 1. The first-order valence-electron chi connectivity index (χ1n) is 9.48. The van der Waals surface area contributed by atoms with Crippen LogP contribution >= 0.6 is 0 Å². The van der Waals surface area contributed by atoms with Gasteiger partial charge in [-0.1, -0.05) is 42.0 Å². The van der Waals surface area contributed by atoms with E-state index in [-0.39, 0.29) is 12.4 Å². The van der Waals surface area contributed by atoms with E-state index < -0.39 is 5.97 Å². The Hall–Kier alpha value is -3.40. The van der Waals surface area contributed by atoms with Crippen LogP contribution in [0, 0.1) is 20.8 Å². The molecule has 0 atom stereocenters. The highest BCUT2D eigenvalue weighted by atomic mass is 16.5. The van der Waals surface area contributed by atoms with Crippen molar-refractivity contribution in [3.8, 4) is 5.75 Å². The van der Waals surface area contributed by atoms with Crippen LogP contribution < -0.4 is 4.74 Å². The van der Waals surface area contributed by atoms with Gasteiger partial charge in [0.2, 0.25) is 0 Å². The number of hydrogen-bond acceptors (Lipinski definition) is 4. The van der Waals surface area contributed by atoms with Crippen LogP contribution in [0.2, 0.25) is 0 Å². The van der Waals surface area contributed by atoms with E-state index in [9.17, 15) is 9.59 Å². The minimum absolute atomic E-state index is 0.218. The van der Waals surface area contributed by atoms with Gasteiger partial charge in [-0.3, -0.25) is 4.79 Å². The first kappa shape index (κ1) is 20.3. The highest BCUT2D eigenvalue weighted by molar-refractivity contribution is 5.99. The molecule has 0 N–H and O–H groups in total. The molecule has 0 unspecified atom stereocenters. The van der Waals surface area contributed by atoms with E-state index in [2.05, 4.69) is 0 Å². The van der Waals surface area contributed by atoms with Gasteiger partial charge in [-0.05, 0) is 67.8 Å². The zero-order chi connectivity index (χ0) is 20.8. The van der Waals surface area contributed by atoms with Crippen molar-refractivity contribution in [1.29, 1.82) is 0 Å². The Morgan fingerprint density at radius 3 is 2.07 bits per heavy atom. The van der Waals surface area contributed by atoms with Crippen LogP contribution in [0.15, 0.2) is 66.7 Å². The molecule has 4 nitrogen and oxygen atoms in total. The lowest BCUT2D eigenvalue weighted by atomic mass is 10.0. The molecule has 0 aliphatic carbocycles. The second-order valence-electron chi connectivity index (χ2n) is 7.10. The molecular formula is C25H24O4. The Labute approximate surface area is 171 Å². The second-order valence-corrected chi connectivity index (χ2v) is 7.10. The van der Waals surface area contributed by atoms with Gasteiger partial charge in [0.1, 0.15) is 12.4 Å². The molecule has 0 heterocycles. The maximum Gasteiger partial charge on any atom is 0.338 e. The maximum absolute atomic E-state index is 12.2. The summed E-state index contributed by atoms with van der Waals surface area (Å²) < 4.78 is 10.9. The zero-order valence-electron chi connectivity index (χ0n) is 16.9. The second kappa shape index (κ2) is 9.20. The van der Waals surface area contributed by atoms with E-state index in [1.165, 1.54) is 5.56 Å². The topological polar surface area (TPSA) is 52.6 Å². The number of ether oxygens (including phenoxy) is 2. The Bertz CT molecular complexity index is 1000. The molecule has 29 heavy (non-hydrogen) atoms. The first-order valence-corrected chi connectivity index (χ1v) is 9.48. The molecule has 0 amide bonds. The molecular weight excluding hydrogens is 364 g/mol. The van der Waals surface area contributed by atoms with Crippen molar-refractivity contribution in [2.75, 3.05) is 6.61 Å². The van der Waals surface area contributed by atoms with Crippen LogP contribution in [-0.2, 0) is 11.3 Å². The average molecular weight is 388 g/mol. The van der Waals surface area contributed by atoms with Gasteiger partial charge in [-0.2, -0.15) is 0 Å². The number of Topliss-reactive ketones (excluding diaryl/α,β-unsaturated/α-hetero) is 1. The van der Waals surface area contributed by atoms with Gasteiger partial charge in [-0.15, -0.1) is 0 Å². The Morgan fingerprint density at radius 1 is 0.759 bits per heavy atom. The summed E-state index contributed by atoms with van der Waals surface area (Å²) in [6, 6.07) is 20.3. The van der Waals surface area contributed by atoms with E-state index in [1.54, 1.807) is 18.2 Å². The predicted octanol–water partition coefficient (Wildman–Crippen LogP) is 5.23. The van der Waals surface area contributed by atoms with Crippen molar-refractivity contribution >= 4 is 11.8 Å². The Morgan fingerprint density at radius 2 is 1.41 bits per heavy atom. The summed E-state index contributed by atoms with van der Waals surface area (Å²) in [5, 5.41) is 0. The van der Waals surface area contributed by atoms with Crippen molar-refractivity contribution in [2.24, 2.45) is 0 Å². The lowest BCUT2D eigenvalue weighted by Gasteiger charge is -2.08. The quantitative estimate of drug-likeness (QED) is 0.411. The van der Waals surface area contributed by atoms with Gasteiger partial charge >= 0.3 is 5.97 Å². The van der Waals surface area contributed by atoms with Crippen molar-refractivity contribution < 1.29 is 19.1 Å². The lowest BCUT2D eigenvalue weighted by molar-refractivity contribution is 0.0474. The molecule has 0 bridgehead atoms. The van der Waals surface area contributed by atoms with Gasteiger partial charge in [0.25, 0.3) is 0 Å². The molecule has 0 fully saturated rings. The minimum atomic E-state index is -0.520. The monoisotopic (exact) mass is 388 g/mol. The first-order chi connectivity index (χ1) is 13.9. The molecule has 0 aromatic heterocycles. The van der Waals surface area contributed by atoms with E-state index in [0.29, 0.717) is 17.7 Å². The van der Waals surface area contributed by atoms with Gasteiger partial charge in [-0.25, -0.2) is 4.79 Å². The van der Waals surface area contributed by atoms with E-state index >= 15 is 0 Å². The van der Waals surface area contributed by atoms with Gasteiger partial charge < -0.3 is 9.47 Å². The van der Waals surface area contributed by atoms with E-state index in [0.717, 1.165) is 22.4 Å². The molecule has 3 aromatic rings. The number of carbonyl (C=O) groups is 2. The molecule has 3 aromatic carbocycles. The largest absolute Gasteiger partial charge is 0.489 e. The molecule has 0 spiro atoms. The molecule has 148 valence electrons. The van der Waals surface area contributed by atoms with Crippen molar-refractivity contribution in [3.05, 3.63) is 100 Å². The summed E-state index contributed by atoms with van der Waals surface area (Å²) in [6.45, 7) is 6.08. The average Bonchev–Trinajstić information content (AvgIpc) is 2.73. The molecule has 3 rings (SSSR count). The standard InChI is InChI=1S/C25H24O4/c1-17-4-12-23(13-5-17)28-15-20-7-10-21(11-8-20)25(27)29-16-24(26)22-9-6-18(2)19(3)14-22/h4-14H,15-16H2,1-3H3. The summed E-state index contributed by atoms with van der Waals surface area (Å²) >= 11 is 0. The normalized spacial score (nSPS) is 10.4. The number of rotatable bonds is 7. The highest BCUT2D eigenvalue weighted by Crippen LogP contribution is 2.15. The summed E-state index contributed by atoms with van der Waals surface area (Å²) in [5.74, 6) is 0.0571. The van der Waals surface area contributed by atoms with Crippen molar-refractivity contribution in [1.82, 2.24) is 0 Å². The molecule has 0 aliphatic rings. The fourth-order valence-electron chi connectivity index (χ4n) is 2.75. The van der Waals surface area contributed by atoms with Gasteiger partial charge in [0.15, 0.2) is 12.4 Å². The van der Waals surface area contributed by atoms with Gasteiger partial charge in [0.05, 0.1) is 5.56 Å².